The molecule has 0 saturated carbocycles. The number of para-hydroxylation sites is 1. The summed E-state index contributed by atoms with van der Waals surface area (Å²) < 4.78 is 10.3. The Morgan fingerprint density at radius 2 is 1.94 bits per heavy atom. The van der Waals surface area contributed by atoms with E-state index in [1.807, 2.05) is 44.2 Å². The molecule has 0 atom stereocenters. The quantitative estimate of drug-likeness (QED) is 0.593. The van der Waals surface area contributed by atoms with Gasteiger partial charge in [-0.3, -0.25) is 4.79 Å². The van der Waals surface area contributed by atoms with Gasteiger partial charge in [-0.1, -0.05) is 18.2 Å². The van der Waals surface area contributed by atoms with Crippen molar-refractivity contribution in [3.63, 3.8) is 0 Å². The standard InChI is InChI=1S/C14H21NO3/c1-14(2,13(16)17-3)11-15-9-10-18-12-7-5-4-6-8-12/h4-8,15H,9-11H2,1-3H3. The number of rotatable bonds is 7. The molecule has 0 radical (unpaired) electrons. The molecular formula is C14H21NO3. The first-order valence-corrected chi connectivity index (χ1v) is 6.03. The van der Waals surface area contributed by atoms with Crippen LogP contribution in [0.25, 0.3) is 0 Å². The number of carbonyl (C=O) groups is 1. The Labute approximate surface area is 108 Å². The largest absolute Gasteiger partial charge is 0.492 e. The Balaban J connectivity index is 2.17. The van der Waals surface area contributed by atoms with Crippen molar-refractivity contribution in [2.45, 2.75) is 13.8 Å². The van der Waals surface area contributed by atoms with Crippen LogP contribution in [0.5, 0.6) is 5.75 Å². The fourth-order valence-electron chi connectivity index (χ4n) is 1.51. The van der Waals surface area contributed by atoms with Gasteiger partial charge in [-0.25, -0.2) is 0 Å². The lowest BCUT2D eigenvalue weighted by molar-refractivity contribution is -0.150. The van der Waals surface area contributed by atoms with Crippen molar-refractivity contribution in [3.8, 4) is 5.75 Å². The third kappa shape index (κ3) is 4.75. The van der Waals surface area contributed by atoms with E-state index >= 15 is 0 Å². The molecule has 0 amide bonds. The van der Waals surface area contributed by atoms with E-state index < -0.39 is 5.41 Å². The first kappa shape index (κ1) is 14.5. The number of benzene rings is 1. The number of ether oxygens (including phenoxy) is 2. The first-order chi connectivity index (χ1) is 8.56. The Morgan fingerprint density at radius 3 is 2.56 bits per heavy atom. The minimum Gasteiger partial charge on any atom is -0.492 e. The van der Waals surface area contributed by atoms with E-state index in [0.717, 1.165) is 5.75 Å². The van der Waals surface area contributed by atoms with Crippen molar-refractivity contribution in [2.75, 3.05) is 26.8 Å². The molecule has 0 spiro atoms. The van der Waals surface area contributed by atoms with Gasteiger partial charge in [-0.2, -0.15) is 0 Å². The summed E-state index contributed by atoms with van der Waals surface area (Å²) in [5, 5.41) is 3.19. The van der Waals surface area contributed by atoms with Gasteiger partial charge in [0, 0.05) is 13.1 Å². The molecule has 1 rings (SSSR count). The normalized spacial score (nSPS) is 11.1. The van der Waals surface area contributed by atoms with Crippen LogP contribution in [0.2, 0.25) is 0 Å². The van der Waals surface area contributed by atoms with Crippen LogP contribution in [0, 0.1) is 5.41 Å². The molecule has 0 saturated heterocycles. The third-order valence-corrected chi connectivity index (χ3v) is 2.60. The summed E-state index contributed by atoms with van der Waals surface area (Å²) in [6.45, 7) is 5.53. The predicted octanol–water partition coefficient (Wildman–Crippen LogP) is 1.85. The monoisotopic (exact) mass is 251 g/mol. The fraction of sp³-hybridized carbons (Fsp3) is 0.500. The second-order valence-electron chi connectivity index (χ2n) is 4.71. The van der Waals surface area contributed by atoms with Crippen LogP contribution in [0.1, 0.15) is 13.8 Å². The summed E-state index contributed by atoms with van der Waals surface area (Å²) in [6, 6.07) is 9.65. The van der Waals surface area contributed by atoms with E-state index in [4.69, 9.17) is 9.47 Å². The second kappa shape index (κ2) is 7.01. The molecule has 0 aliphatic carbocycles. The van der Waals surface area contributed by atoms with E-state index in [0.29, 0.717) is 19.7 Å². The second-order valence-corrected chi connectivity index (χ2v) is 4.71. The van der Waals surface area contributed by atoms with Gasteiger partial charge in [0.25, 0.3) is 0 Å². The highest BCUT2D eigenvalue weighted by Gasteiger charge is 2.27. The molecular weight excluding hydrogens is 230 g/mol. The van der Waals surface area contributed by atoms with E-state index in [2.05, 4.69) is 5.32 Å². The number of hydrogen-bond acceptors (Lipinski definition) is 4. The summed E-state index contributed by atoms with van der Waals surface area (Å²) in [6.07, 6.45) is 0. The topological polar surface area (TPSA) is 47.6 Å². The zero-order valence-corrected chi connectivity index (χ0v) is 11.2. The number of methoxy groups -OCH3 is 1. The zero-order valence-electron chi connectivity index (χ0n) is 11.2. The third-order valence-electron chi connectivity index (χ3n) is 2.60. The highest BCUT2D eigenvalue weighted by molar-refractivity contribution is 5.76. The van der Waals surface area contributed by atoms with Crippen LogP contribution < -0.4 is 10.1 Å². The molecule has 1 aromatic rings. The van der Waals surface area contributed by atoms with Crippen LogP contribution in [0.3, 0.4) is 0 Å². The summed E-state index contributed by atoms with van der Waals surface area (Å²) in [5.41, 5.74) is -0.512. The van der Waals surface area contributed by atoms with Crippen LogP contribution in [-0.4, -0.2) is 32.8 Å². The van der Waals surface area contributed by atoms with E-state index in [1.54, 1.807) is 0 Å². The molecule has 0 aliphatic heterocycles. The lowest BCUT2D eigenvalue weighted by Crippen LogP contribution is -2.38. The Bertz CT molecular complexity index is 363. The van der Waals surface area contributed by atoms with Gasteiger partial charge in [-0.15, -0.1) is 0 Å². The lowest BCUT2D eigenvalue weighted by atomic mass is 9.94. The Hall–Kier alpha value is -1.55. The molecule has 0 aliphatic rings. The number of esters is 1. The smallest absolute Gasteiger partial charge is 0.312 e. The van der Waals surface area contributed by atoms with Gasteiger partial charge < -0.3 is 14.8 Å². The molecule has 0 aromatic heterocycles. The number of hydrogen-bond donors (Lipinski definition) is 1. The highest BCUT2D eigenvalue weighted by Crippen LogP contribution is 2.15. The van der Waals surface area contributed by atoms with E-state index in [9.17, 15) is 4.79 Å². The summed E-state index contributed by atoms with van der Waals surface area (Å²) >= 11 is 0. The Kier molecular flexibility index (Phi) is 5.65. The minimum atomic E-state index is -0.512. The van der Waals surface area contributed by atoms with Crippen LogP contribution in [-0.2, 0) is 9.53 Å². The van der Waals surface area contributed by atoms with Gasteiger partial charge in [0.15, 0.2) is 0 Å². The lowest BCUT2D eigenvalue weighted by Gasteiger charge is -2.21. The van der Waals surface area contributed by atoms with Crippen molar-refractivity contribution in [3.05, 3.63) is 30.3 Å². The zero-order chi connectivity index (χ0) is 13.4. The molecule has 0 bridgehead atoms. The molecule has 0 fully saturated rings. The summed E-state index contributed by atoms with van der Waals surface area (Å²) in [5.74, 6) is 0.644. The Morgan fingerprint density at radius 1 is 1.28 bits per heavy atom. The van der Waals surface area contributed by atoms with Crippen molar-refractivity contribution < 1.29 is 14.3 Å². The molecule has 0 heterocycles. The maximum atomic E-state index is 11.4. The molecule has 100 valence electrons. The molecule has 18 heavy (non-hydrogen) atoms. The average Bonchev–Trinajstić information content (AvgIpc) is 2.38. The summed E-state index contributed by atoms with van der Waals surface area (Å²) in [4.78, 5) is 11.4. The van der Waals surface area contributed by atoms with E-state index in [-0.39, 0.29) is 5.97 Å². The van der Waals surface area contributed by atoms with Gasteiger partial charge in [0.05, 0.1) is 12.5 Å². The minimum absolute atomic E-state index is 0.209. The van der Waals surface area contributed by atoms with Gasteiger partial charge >= 0.3 is 5.97 Å². The van der Waals surface area contributed by atoms with Crippen LogP contribution >= 0.6 is 0 Å². The van der Waals surface area contributed by atoms with Gasteiger partial charge in [-0.05, 0) is 26.0 Å². The van der Waals surface area contributed by atoms with Crippen molar-refractivity contribution in [1.29, 1.82) is 0 Å². The van der Waals surface area contributed by atoms with Crippen molar-refractivity contribution in [2.24, 2.45) is 5.41 Å². The molecule has 1 aromatic carbocycles. The van der Waals surface area contributed by atoms with E-state index in [1.165, 1.54) is 7.11 Å². The molecule has 4 heteroatoms. The first-order valence-electron chi connectivity index (χ1n) is 6.03. The van der Waals surface area contributed by atoms with Crippen LogP contribution in [0.4, 0.5) is 0 Å². The molecule has 1 N–H and O–H groups in total. The van der Waals surface area contributed by atoms with Crippen LogP contribution in [0.15, 0.2) is 30.3 Å². The van der Waals surface area contributed by atoms with Gasteiger partial charge in [0.2, 0.25) is 0 Å². The molecule has 4 nitrogen and oxygen atoms in total. The maximum Gasteiger partial charge on any atom is 0.312 e. The van der Waals surface area contributed by atoms with Crippen molar-refractivity contribution in [1.82, 2.24) is 5.32 Å². The fourth-order valence-corrected chi connectivity index (χ4v) is 1.51. The molecule has 0 unspecified atom stereocenters. The SMILES string of the molecule is COC(=O)C(C)(C)CNCCOc1ccccc1. The number of nitrogens with one attached hydrogen (secondary N) is 1. The van der Waals surface area contributed by atoms with Crippen molar-refractivity contribution >= 4 is 5.97 Å². The van der Waals surface area contributed by atoms with Gasteiger partial charge in [0.1, 0.15) is 12.4 Å². The highest BCUT2D eigenvalue weighted by atomic mass is 16.5. The predicted molar refractivity (Wildman–Crippen MR) is 70.6 cm³/mol. The number of carbonyl (C=O) groups excluding carboxylic acids is 1. The summed E-state index contributed by atoms with van der Waals surface area (Å²) in [7, 11) is 1.41. The average molecular weight is 251 g/mol. The maximum absolute atomic E-state index is 11.4.